The summed E-state index contributed by atoms with van der Waals surface area (Å²) in [6, 6.07) is 18.6. The molecule has 1 aliphatic heterocycles. The lowest BCUT2D eigenvalue weighted by Gasteiger charge is -2.15. The average molecular weight is 437 g/mol. The molecule has 0 radical (unpaired) electrons. The predicted octanol–water partition coefficient (Wildman–Crippen LogP) is 5.09. The molecule has 4 aromatic rings. The molecule has 1 aliphatic rings. The summed E-state index contributed by atoms with van der Waals surface area (Å²) in [6.45, 7) is 3.62. The Morgan fingerprint density at radius 2 is 1.64 bits per heavy atom. The molecule has 5 rings (SSSR count). The smallest absolute Gasteiger partial charge is 0.256 e. The van der Waals surface area contributed by atoms with Crippen molar-refractivity contribution in [2.45, 2.75) is 19.8 Å². The zero-order valence-corrected chi connectivity index (χ0v) is 18.4. The minimum atomic E-state index is -0.220. The van der Waals surface area contributed by atoms with Crippen molar-refractivity contribution in [1.29, 1.82) is 0 Å². The van der Waals surface area contributed by atoms with Gasteiger partial charge >= 0.3 is 0 Å². The van der Waals surface area contributed by atoms with Gasteiger partial charge in [0.2, 0.25) is 0 Å². The number of benzene rings is 2. The summed E-state index contributed by atoms with van der Waals surface area (Å²) in [5.41, 5.74) is 5.25. The lowest BCUT2D eigenvalue weighted by Crippen LogP contribution is -2.27. The molecule has 164 valence electrons. The van der Waals surface area contributed by atoms with Gasteiger partial charge in [0.25, 0.3) is 11.8 Å². The second kappa shape index (κ2) is 8.82. The Balaban J connectivity index is 1.45. The third-order valence-electron chi connectivity index (χ3n) is 5.97. The molecule has 2 aromatic heterocycles. The van der Waals surface area contributed by atoms with Crippen molar-refractivity contribution in [2.24, 2.45) is 0 Å². The number of carbonyl (C=O) groups is 2. The van der Waals surface area contributed by atoms with Crippen LogP contribution in [0.1, 0.15) is 39.1 Å². The molecular weight excluding hydrogens is 412 g/mol. The first-order valence-electron chi connectivity index (χ1n) is 11.1. The summed E-state index contributed by atoms with van der Waals surface area (Å²) in [5, 5.41) is 3.78. The van der Waals surface area contributed by atoms with Crippen molar-refractivity contribution < 1.29 is 9.59 Å². The first kappa shape index (κ1) is 20.8. The molecule has 0 atom stereocenters. The Morgan fingerprint density at radius 1 is 0.909 bits per heavy atom. The van der Waals surface area contributed by atoms with Crippen molar-refractivity contribution in [2.75, 3.05) is 18.4 Å². The van der Waals surface area contributed by atoms with E-state index in [4.69, 9.17) is 4.98 Å². The van der Waals surface area contributed by atoms with Gasteiger partial charge in [-0.1, -0.05) is 11.6 Å². The highest BCUT2D eigenvalue weighted by Gasteiger charge is 2.20. The van der Waals surface area contributed by atoms with Crippen molar-refractivity contribution >= 4 is 28.4 Å². The Labute approximate surface area is 192 Å². The van der Waals surface area contributed by atoms with Gasteiger partial charge in [0.05, 0.1) is 16.8 Å². The molecule has 2 aromatic carbocycles. The largest absolute Gasteiger partial charge is 0.339 e. The summed E-state index contributed by atoms with van der Waals surface area (Å²) in [7, 11) is 0. The Kier molecular flexibility index (Phi) is 5.57. The molecule has 0 unspecified atom stereocenters. The quantitative estimate of drug-likeness (QED) is 0.483. The molecule has 1 N–H and O–H groups in total. The highest BCUT2D eigenvalue weighted by atomic mass is 16.2. The van der Waals surface area contributed by atoms with Crippen LogP contribution < -0.4 is 5.32 Å². The fourth-order valence-corrected chi connectivity index (χ4v) is 4.20. The maximum absolute atomic E-state index is 13.3. The average Bonchev–Trinajstić information content (AvgIpc) is 3.39. The van der Waals surface area contributed by atoms with Gasteiger partial charge in [-0.2, -0.15) is 0 Å². The van der Waals surface area contributed by atoms with E-state index in [1.807, 2.05) is 48.2 Å². The van der Waals surface area contributed by atoms with Crippen LogP contribution in [0.2, 0.25) is 0 Å². The highest BCUT2D eigenvalue weighted by Crippen LogP contribution is 2.26. The van der Waals surface area contributed by atoms with Gasteiger partial charge < -0.3 is 10.2 Å². The zero-order chi connectivity index (χ0) is 22.8. The lowest BCUT2D eigenvalue weighted by atomic mass is 10.0. The van der Waals surface area contributed by atoms with E-state index in [2.05, 4.69) is 10.3 Å². The van der Waals surface area contributed by atoms with Gasteiger partial charge in [0, 0.05) is 47.7 Å². The molecular formula is C27H24N4O2. The second-order valence-corrected chi connectivity index (χ2v) is 8.34. The van der Waals surface area contributed by atoms with Crippen LogP contribution in [0.4, 0.5) is 5.69 Å². The number of hydrogen-bond donors (Lipinski definition) is 1. The molecule has 33 heavy (non-hydrogen) atoms. The fraction of sp³-hybridized carbons (Fsp3) is 0.185. The topological polar surface area (TPSA) is 75.2 Å². The van der Waals surface area contributed by atoms with E-state index in [9.17, 15) is 9.59 Å². The van der Waals surface area contributed by atoms with Gasteiger partial charge in [-0.15, -0.1) is 0 Å². The summed E-state index contributed by atoms with van der Waals surface area (Å²) >= 11 is 0. The van der Waals surface area contributed by atoms with Crippen LogP contribution in [0.3, 0.4) is 0 Å². The van der Waals surface area contributed by atoms with Crippen LogP contribution >= 0.6 is 0 Å². The number of hydrogen-bond acceptors (Lipinski definition) is 4. The number of pyridine rings is 2. The molecule has 0 saturated carbocycles. The number of rotatable bonds is 4. The second-order valence-electron chi connectivity index (χ2n) is 8.34. The van der Waals surface area contributed by atoms with E-state index >= 15 is 0 Å². The normalized spacial score (nSPS) is 13.3. The van der Waals surface area contributed by atoms with Gasteiger partial charge in [0.1, 0.15) is 0 Å². The monoisotopic (exact) mass is 436 g/mol. The predicted molar refractivity (Wildman–Crippen MR) is 129 cm³/mol. The maximum atomic E-state index is 13.3. The molecule has 0 aliphatic carbocycles. The van der Waals surface area contributed by atoms with Crippen LogP contribution in [0.5, 0.6) is 0 Å². The van der Waals surface area contributed by atoms with Crippen LogP contribution in [-0.4, -0.2) is 39.8 Å². The molecule has 6 nitrogen and oxygen atoms in total. The van der Waals surface area contributed by atoms with Crippen molar-refractivity contribution in [3.63, 3.8) is 0 Å². The first-order chi connectivity index (χ1) is 16.1. The van der Waals surface area contributed by atoms with Gasteiger partial charge in [-0.25, -0.2) is 4.98 Å². The minimum Gasteiger partial charge on any atom is -0.339 e. The number of anilines is 1. The first-order valence-corrected chi connectivity index (χ1v) is 11.1. The molecule has 6 heteroatoms. The van der Waals surface area contributed by atoms with E-state index in [0.29, 0.717) is 22.5 Å². The molecule has 1 saturated heterocycles. The van der Waals surface area contributed by atoms with E-state index in [-0.39, 0.29) is 11.8 Å². The van der Waals surface area contributed by atoms with Crippen LogP contribution in [0.15, 0.2) is 73.1 Å². The standard InChI is InChI=1S/C27H24N4O2/c1-18-4-9-24-22(16-18)23(17-25(30-24)19-10-12-28-13-11-19)26(32)29-21-7-5-20(6-8-21)27(33)31-14-2-3-15-31/h4-13,16-17H,2-3,14-15H2,1H3,(H,29,32). The van der Waals surface area contributed by atoms with Gasteiger partial charge in [-0.05, 0) is 74.4 Å². The molecule has 3 heterocycles. The van der Waals surface area contributed by atoms with Crippen molar-refractivity contribution in [1.82, 2.24) is 14.9 Å². The maximum Gasteiger partial charge on any atom is 0.256 e. The summed E-state index contributed by atoms with van der Waals surface area (Å²) in [5.74, 6) is -0.176. The third-order valence-corrected chi connectivity index (χ3v) is 5.97. The number of aromatic nitrogens is 2. The third kappa shape index (κ3) is 4.32. The van der Waals surface area contributed by atoms with E-state index in [1.54, 1.807) is 36.7 Å². The van der Waals surface area contributed by atoms with Crippen molar-refractivity contribution in [3.05, 3.63) is 89.7 Å². The number of aryl methyl sites for hydroxylation is 1. The Hall–Kier alpha value is -4.06. The number of amides is 2. The fourth-order valence-electron chi connectivity index (χ4n) is 4.20. The number of fused-ring (bicyclic) bond motifs is 1. The Morgan fingerprint density at radius 3 is 2.36 bits per heavy atom. The lowest BCUT2D eigenvalue weighted by molar-refractivity contribution is 0.0792. The molecule has 1 fully saturated rings. The van der Waals surface area contributed by atoms with Crippen LogP contribution in [-0.2, 0) is 0 Å². The number of likely N-dealkylation sites (tertiary alicyclic amines) is 1. The number of nitrogens with one attached hydrogen (secondary N) is 1. The summed E-state index contributed by atoms with van der Waals surface area (Å²) < 4.78 is 0. The summed E-state index contributed by atoms with van der Waals surface area (Å²) in [6.07, 6.45) is 5.53. The number of carbonyl (C=O) groups excluding carboxylic acids is 2. The molecule has 2 amide bonds. The Bertz CT molecular complexity index is 1330. The SMILES string of the molecule is Cc1ccc2nc(-c3ccncc3)cc(C(=O)Nc3ccc(C(=O)N4CCCC4)cc3)c2c1. The minimum absolute atomic E-state index is 0.0444. The zero-order valence-electron chi connectivity index (χ0n) is 18.4. The van der Waals surface area contributed by atoms with Gasteiger partial charge in [-0.3, -0.25) is 14.6 Å². The van der Waals surface area contributed by atoms with E-state index < -0.39 is 0 Å². The van der Waals surface area contributed by atoms with E-state index in [0.717, 1.165) is 48.0 Å². The highest BCUT2D eigenvalue weighted by molar-refractivity contribution is 6.13. The molecule has 0 bridgehead atoms. The van der Waals surface area contributed by atoms with E-state index in [1.165, 1.54) is 0 Å². The van der Waals surface area contributed by atoms with Crippen LogP contribution in [0, 0.1) is 6.92 Å². The van der Waals surface area contributed by atoms with Crippen LogP contribution in [0.25, 0.3) is 22.2 Å². The van der Waals surface area contributed by atoms with Crippen molar-refractivity contribution in [3.8, 4) is 11.3 Å². The number of nitrogens with zero attached hydrogens (tertiary/aromatic N) is 3. The van der Waals surface area contributed by atoms with Gasteiger partial charge in [0.15, 0.2) is 0 Å². The molecule has 0 spiro atoms. The summed E-state index contributed by atoms with van der Waals surface area (Å²) in [4.78, 5) is 36.6.